The quantitative estimate of drug-likeness (QED) is 0.874. The lowest BCUT2D eigenvalue weighted by atomic mass is 9.98. The van der Waals surface area contributed by atoms with E-state index < -0.39 is 23.7 Å². The second kappa shape index (κ2) is 5.97. The molecule has 2 atom stereocenters. The molecule has 0 aromatic heterocycles. The van der Waals surface area contributed by atoms with Crippen LogP contribution in [-0.4, -0.2) is 31.8 Å². The van der Waals surface area contributed by atoms with Crippen molar-refractivity contribution in [3.8, 4) is 11.5 Å². The Labute approximate surface area is 124 Å². The van der Waals surface area contributed by atoms with E-state index in [1.54, 1.807) is 0 Å². The van der Waals surface area contributed by atoms with Gasteiger partial charge in [-0.25, -0.2) is 4.39 Å². The molecule has 1 aliphatic heterocycles. The largest absolute Gasteiger partial charge is 0.493 e. The molecule has 1 saturated heterocycles. The van der Waals surface area contributed by atoms with Crippen LogP contribution in [0, 0.1) is 11.7 Å². The number of halogens is 2. The van der Waals surface area contributed by atoms with Gasteiger partial charge in [-0.05, 0) is 22.4 Å². The molecule has 2 unspecified atom stereocenters. The van der Waals surface area contributed by atoms with E-state index in [0.717, 1.165) is 0 Å². The van der Waals surface area contributed by atoms with Gasteiger partial charge in [0.1, 0.15) is 5.82 Å². The Morgan fingerprint density at radius 1 is 1.50 bits per heavy atom. The maximum Gasteiger partial charge on any atom is 0.307 e. The smallest absolute Gasteiger partial charge is 0.307 e. The van der Waals surface area contributed by atoms with Crippen LogP contribution in [0.5, 0.6) is 11.5 Å². The van der Waals surface area contributed by atoms with E-state index in [2.05, 4.69) is 21.2 Å². The summed E-state index contributed by atoms with van der Waals surface area (Å²) >= 11 is 3.14. The first-order valence-electron chi connectivity index (χ1n) is 6.05. The van der Waals surface area contributed by atoms with Crippen molar-refractivity contribution in [1.82, 2.24) is 5.32 Å². The number of nitrogens with one attached hydrogen (secondary N) is 1. The first-order valence-corrected chi connectivity index (χ1v) is 6.85. The number of hydrogen-bond acceptors (Lipinski definition) is 4. The molecule has 1 fully saturated rings. The molecule has 0 radical (unpaired) electrons. The van der Waals surface area contributed by atoms with E-state index in [0.29, 0.717) is 24.3 Å². The second-order valence-electron chi connectivity index (χ2n) is 4.55. The molecular formula is C13H15BrFNO4. The maximum absolute atomic E-state index is 14.4. The number of hydrogen-bond donors (Lipinski definition) is 2. The second-order valence-corrected chi connectivity index (χ2v) is 5.41. The van der Waals surface area contributed by atoms with Crippen LogP contribution >= 0.6 is 15.9 Å². The van der Waals surface area contributed by atoms with Crippen LogP contribution in [-0.2, 0) is 4.79 Å². The van der Waals surface area contributed by atoms with E-state index >= 15 is 0 Å². The first-order chi connectivity index (χ1) is 9.49. The third kappa shape index (κ3) is 2.60. The molecule has 0 spiro atoms. The van der Waals surface area contributed by atoms with Gasteiger partial charge in [0.15, 0.2) is 11.5 Å². The van der Waals surface area contributed by atoms with Crippen molar-refractivity contribution in [3.63, 3.8) is 0 Å². The molecule has 2 rings (SSSR count). The number of carboxylic acids is 1. The van der Waals surface area contributed by atoms with Crippen LogP contribution in [0.1, 0.15) is 18.0 Å². The summed E-state index contributed by atoms with van der Waals surface area (Å²) in [5, 5.41) is 12.1. The molecule has 0 bridgehead atoms. The highest BCUT2D eigenvalue weighted by Gasteiger charge is 2.35. The Morgan fingerprint density at radius 2 is 2.20 bits per heavy atom. The zero-order chi connectivity index (χ0) is 14.9. The van der Waals surface area contributed by atoms with Gasteiger partial charge in [-0.1, -0.05) is 0 Å². The van der Waals surface area contributed by atoms with Crippen LogP contribution in [0.2, 0.25) is 0 Å². The van der Waals surface area contributed by atoms with Gasteiger partial charge in [0.2, 0.25) is 0 Å². The summed E-state index contributed by atoms with van der Waals surface area (Å²) in [5.41, 5.74) is 0.294. The molecule has 20 heavy (non-hydrogen) atoms. The third-order valence-electron chi connectivity index (χ3n) is 3.42. The summed E-state index contributed by atoms with van der Waals surface area (Å²) in [4.78, 5) is 11.0. The molecule has 110 valence electrons. The van der Waals surface area contributed by atoms with Crippen LogP contribution in [0.4, 0.5) is 4.39 Å². The molecule has 1 aliphatic rings. The lowest BCUT2D eigenvalue weighted by Gasteiger charge is -2.19. The summed E-state index contributed by atoms with van der Waals surface area (Å²) in [6, 6.07) is 1.07. The van der Waals surface area contributed by atoms with Crippen molar-refractivity contribution in [3.05, 3.63) is 21.9 Å². The normalized spacial score (nSPS) is 21.8. The van der Waals surface area contributed by atoms with Gasteiger partial charge in [0.25, 0.3) is 0 Å². The first kappa shape index (κ1) is 15.1. The van der Waals surface area contributed by atoms with Crippen molar-refractivity contribution in [2.24, 2.45) is 5.92 Å². The minimum atomic E-state index is -0.888. The molecule has 2 N–H and O–H groups in total. The highest BCUT2D eigenvalue weighted by molar-refractivity contribution is 9.10. The topological polar surface area (TPSA) is 67.8 Å². The van der Waals surface area contributed by atoms with Gasteiger partial charge in [0, 0.05) is 18.7 Å². The van der Waals surface area contributed by atoms with Crippen LogP contribution in [0.15, 0.2) is 10.5 Å². The highest BCUT2D eigenvalue weighted by Crippen LogP contribution is 2.43. The van der Waals surface area contributed by atoms with Crippen molar-refractivity contribution >= 4 is 21.9 Å². The van der Waals surface area contributed by atoms with E-state index in [9.17, 15) is 9.18 Å². The van der Waals surface area contributed by atoms with Gasteiger partial charge >= 0.3 is 5.97 Å². The molecular weight excluding hydrogens is 333 g/mol. The molecule has 1 heterocycles. The summed E-state index contributed by atoms with van der Waals surface area (Å²) in [5.74, 6) is -1.20. The Hall–Kier alpha value is -1.34. The van der Waals surface area contributed by atoms with Crippen LogP contribution < -0.4 is 14.8 Å². The number of carbonyl (C=O) groups is 1. The highest BCUT2D eigenvalue weighted by atomic mass is 79.9. The van der Waals surface area contributed by atoms with Crippen LogP contribution in [0.25, 0.3) is 0 Å². The molecule has 0 aliphatic carbocycles. The predicted molar refractivity (Wildman–Crippen MR) is 73.7 cm³/mol. The third-order valence-corrected chi connectivity index (χ3v) is 4.00. The summed E-state index contributed by atoms with van der Waals surface area (Å²) in [6.07, 6.45) is 0.308. The Morgan fingerprint density at radius 3 is 2.70 bits per heavy atom. The SMILES string of the molecule is COc1cc(Br)c(F)c(C2CC(C(=O)O)CN2)c1OC. The number of carboxylic acid groups (broad SMARTS) is 1. The summed E-state index contributed by atoms with van der Waals surface area (Å²) in [6.45, 7) is 0.303. The fourth-order valence-corrected chi connectivity index (χ4v) is 2.84. The van der Waals surface area contributed by atoms with Gasteiger partial charge in [0.05, 0.1) is 30.2 Å². The van der Waals surface area contributed by atoms with Crippen molar-refractivity contribution < 1.29 is 23.8 Å². The molecule has 1 aromatic carbocycles. The number of aliphatic carboxylic acids is 1. The van der Waals surface area contributed by atoms with Crippen molar-refractivity contribution in [2.75, 3.05) is 20.8 Å². The zero-order valence-electron chi connectivity index (χ0n) is 11.1. The number of methoxy groups -OCH3 is 2. The Kier molecular flexibility index (Phi) is 4.49. The fraction of sp³-hybridized carbons (Fsp3) is 0.462. The summed E-state index contributed by atoms with van der Waals surface area (Å²) < 4.78 is 25.0. The lowest BCUT2D eigenvalue weighted by Crippen LogP contribution is -2.18. The molecule has 0 amide bonds. The van der Waals surface area contributed by atoms with Crippen molar-refractivity contribution in [2.45, 2.75) is 12.5 Å². The summed E-state index contributed by atoms with van der Waals surface area (Å²) in [7, 11) is 2.90. The van der Waals surface area contributed by atoms with Crippen molar-refractivity contribution in [1.29, 1.82) is 0 Å². The Bertz CT molecular complexity index is 538. The molecule has 7 heteroatoms. The average Bonchev–Trinajstić information content (AvgIpc) is 2.90. The molecule has 1 aromatic rings. The fourth-order valence-electron chi connectivity index (χ4n) is 2.42. The van der Waals surface area contributed by atoms with Gasteiger partial charge in [-0.15, -0.1) is 0 Å². The number of benzene rings is 1. The standard InChI is InChI=1S/C13H15BrFNO4/c1-19-9-4-7(14)11(15)10(12(9)20-2)8-3-6(5-16-8)13(17)18/h4,6,8,16H,3,5H2,1-2H3,(H,17,18). The Balaban J connectivity index is 2.45. The maximum atomic E-state index is 14.4. The molecule has 5 nitrogen and oxygen atoms in total. The average molecular weight is 348 g/mol. The lowest BCUT2D eigenvalue weighted by molar-refractivity contribution is -0.141. The van der Waals surface area contributed by atoms with Gasteiger partial charge in [-0.3, -0.25) is 4.79 Å². The van der Waals surface area contributed by atoms with E-state index in [-0.39, 0.29) is 10.2 Å². The molecule has 0 saturated carbocycles. The number of ether oxygens (including phenoxy) is 2. The zero-order valence-corrected chi connectivity index (χ0v) is 12.7. The minimum Gasteiger partial charge on any atom is -0.493 e. The predicted octanol–water partition coefficient (Wildman–Crippen LogP) is 2.34. The minimum absolute atomic E-state index is 0.255. The van der Waals surface area contributed by atoms with E-state index in [4.69, 9.17) is 14.6 Å². The van der Waals surface area contributed by atoms with Gasteiger partial charge < -0.3 is 19.9 Å². The van der Waals surface area contributed by atoms with E-state index in [1.165, 1.54) is 20.3 Å². The monoisotopic (exact) mass is 347 g/mol. The number of rotatable bonds is 4. The van der Waals surface area contributed by atoms with E-state index in [1.807, 2.05) is 0 Å². The van der Waals surface area contributed by atoms with Gasteiger partial charge in [-0.2, -0.15) is 0 Å². The van der Waals surface area contributed by atoms with Crippen LogP contribution in [0.3, 0.4) is 0 Å².